The Kier molecular flexibility index (Phi) is 6.62. The average molecular weight is 351 g/mol. The number of hydrogen-bond acceptors (Lipinski definition) is 3. The van der Waals surface area contributed by atoms with Crippen molar-refractivity contribution in [2.75, 3.05) is 34.4 Å². The molecule has 0 N–H and O–H groups in total. The Morgan fingerprint density at radius 1 is 1.47 bits per heavy atom. The van der Waals surface area contributed by atoms with Crippen LogP contribution in [0.4, 0.5) is 0 Å². The number of rotatable bonds is 6. The smallest absolute Gasteiger partial charge is 0.254 e. The van der Waals surface area contributed by atoms with Gasteiger partial charge >= 0.3 is 0 Å². The van der Waals surface area contributed by atoms with Crippen molar-refractivity contribution in [3.8, 4) is 5.75 Å². The number of ether oxygens (including phenoxy) is 2. The van der Waals surface area contributed by atoms with E-state index in [1.54, 1.807) is 44.4 Å². The average Bonchev–Trinajstić information content (AvgIpc) is 2.38. The number of carbonyl (C=O) groups excluding carboxylic acids is 1. The van der Waals surface area contributed by atoms with Crippen LogP contribution in [0.1, 0.15) is 10.4 Å². The molecule has 1 amide bonds. The molecule has 1 aromatic carbocycles. The van der Waals surface area contributed by atoms with Gasteiger partial charge in [-0.2, -0.15) is 0 Å². The summed E-state index contributed by atoms with van der Waals surface area (Å²) in [6.45, 7) is 0.816. The number of hydrogen-bond donors (Lipinski definition) is 0. The molecule has 0 bridgehead atoms. The monoisotopic (exact) mass is 349 g/mol. The molecular weight excluding hydrogens is 334 g/mol. The summed E-state index contributed by atoms with van der Waals surface area (Å²) < 4.78 is 10.8. The van der Waals surface area contributed by atoms with Gasteiger partial charge in [0.25, 0.3) is 5.91 Å². The third kappa shape index (κ3) is 4.67. The van der Waals surface area contributed by atoms with Crippen molar-refractivity contribution in [3.63, 3.8) is 0 Å². The molecule has 6 heteroatoms. The third-order valence-corrected chi connectivity index (χ3v) is 3.53. The number of carbonyl (C=O) groups is 1. The first-order chi connectivity index (χ1) is 8.99. The second kappa shape index (κ2) is 7.72. The van der Waals surface area contributed by atoms with E-state index in [9.17, 15) is 4.79 Å². The van der Waals surface area contributed by atoms with Crippen LogP contribution < -0.4 is 4.74 Å². The van der Waals surface area contributed by atoms with Crippen molar-refractivity contribution >= 4 is 33.4 Å². The van der Waals surface area contributed by atoms with E-state index in [0.717, 1.165) is 4.47 Å². The second-order valence-corrected chi connectivity index (χ2v) is 5.56. The minimum atomic E-state index is -0.233. The first-order valence-corrected chi connectivity index (χ1v) is 6.94. The van der Waals surface area contributed by atoms with Gasteiger partial charge in [0.2, 0.25) is 0 Å². The Labute approximate surface area is 126 Å². The van der Waals surface area contributed by atoms with E-state index in [4.69, 9.17) is 21.1 Å². The van der Waals surface area contributed by atoms with Crippen LogP contribution in [0.15, 0.2) is 22.7 Å². The van der Waals surface area contributed by atoms with Crippen molar-refractivity contribution < 1.29 is 14.3 Å². The van der Waals surface area contributed by atoms with Crippen molar-refractivity contribution in [1.29, 1.82) is 0 Å². The molecule has 0 heterocycles. The molecule has 0 spiro atoms. The highest BCUT2D eigenvalue weighted by Crippen LogP contribution is 2.23. The van der Waals surface area contributed by atoms with Gasteiger partial charge in [0.15, 0.2) is 0 Å². The van der Waals surface area contributed by atoms with Crippen LogP contribution in [0, 0.1) is 0 Å². The maximum absolute atomic E-state index is 12.3. The molecule has 106 valence electrons. The summed E-state index contributed by atoms with van der Waals surface area (Å²) in [5, 5.41) is -0.233. The van der Waals surface area contributed by atoms with E-state index in [2.05, 4.69) is 15.9 Å². The van der Waals surface area contributed by atoms with Crippen LogP contribution in [0.25, 0.3) is 0 Å². The Morgan fingerprint density at radius 2 is 2.16 bits per heavy atom. The zero-order valence-electron chi connectivity index (χ0n) is 11.2. The van der Waals surface area contributed by atoms with Gasteiger partial charge in [-0.3, -0.25) is 4.79 Å². The second-order valence-electron chi connectivity index (χ2n) is 4.08. The number of benzene rings is 1. The van der Waals surface area contributed by atoms with Gasteiger partial charge in [0, 0.05) is 25.2 Å². The molecular formula is C13H17BrClNO3. The number of nitrogens with zero attached hydrogens (tertiary/aromatic N) is 1. The van der Waals surface area contributed by atoms with E-state index in [1.807, 2.05) is 0 Å². The largest absolute Gasteiger partial charge is 0.497 e. The minimum absolute atomic E-state index is 0.118. The zero-order chi connectivity index (χ0) is 14.4. The van der Waals surface area contributed by atoms with Crippen LogP contribution in [-0.2, 0) is 4.74 Å². The highest BCUT2D eigenvalue weighted by Gasteiger charge is 2.18. The summed E-state index contributed by atoms with van der Waals surface area (Å²) in [6, 6.07) is 5.27. The molecule has 0 saturated carbocycles. The standard InChI is InChI=1S/C13H17BrClNO3/c1-16(7-9(15)8-18-2)13(17)11-6-10(19-3)4-5-12(11)14/h4-6,9H,7-8H2,1-3H3. The lowest BCUT2D eigenvalue weighted by molar-refractivity contribution is 0.0780. The Hall–Kier alpha value is -0.780. The van der Waals surface area contributed by atoms with Gasteiger partial charge in [0.1, 0.15) is 5.75 Å². The fourth-order valence-electron chi connectivity index (χ4n) is 1.61. The third-order valence-electron chi connectivity index (χ3n) is 2.57. The topological polar surface area (TPSA) is 38.8 Å². The Balaban J connectivity index is 2.81. The minimum Gasteiger partial charge on any atom is -0.497 e. The van der Waals surface area contributed by atoms with Gasteiger partial charge in [-0.1, -0.05) is 0 Å². The lowest BCUT2D eigenvalue weighted by atomic mass is 10.2. The molecule has 19 heavy (non-hydrogen) atoms. The highest BCUT2D eigenvalue weighted by molar-refractivity contribution is 9.10. The van der Waals surface area contributed by atoms with Crippen molar-refractivity contribution in [3.05, 3.63) is 28.2 Å². The summed E-state index contributed by atoms with van der Waals surface area (Å²) >= 11 is 9.42. The molecule has 1 aromatic rings. The van der Waals surface area contributed by atoms with Gasteiger partial charge in [-0.25, -0.2) is 0 Å². The summed E-state index contributed by atoms with van der Waals surface area (Å²) in [5.41, 5.74) is 0.545. The number of halogens is 2. The summed E-state index contributed by atoms with van der Waals surface area (Å²) in [5.74, 6) is 0.520. The molecule has 0 aromatic heterocycles. The molecule has 4 nitrogen and oxygen atoms in total. The predicted octanol–water partition coefficient (Wildman–Crippen LogP) is 2.78. The van der Waals surface area contributed by atoms with Crippen LogP contribution >= 0.6 is 27.5 Å². The molecule has 0 fully saturated rings. The van der Waals surface area contributed by atoms with Crippen LogP contribution in [0.2, 0.25) is 0 Å². The van der Waals surface area contributed by atoms with Crippen molar-refractivity contribution in [2.24, 2.45) is 0 Å². The van der Waals surface area contributed by atoms with Crippen molar-refractivity contribution in [1.82, 2.24) is 4.90 Å². The van der Waals surface area contributed by atoms with Gasteiger partial charge in [-0.05, 0) is 34.1 Å². The first kappa shape index (κ1) is 16.3. The van der Waals surface area contributed by atoms with E-state index in [0.29, 0.717) is 24.5 Å². The normalized spacial score (nSPS) is 12.1. The van der Waals surface area contributed by atoms with Gasteiger partial charge in [-0.15, -0.1) is 11.6 Å². The van der Waals surface area contributed by atoms with E-state index in [-0.39, 0.29) is 11.3 Å². The van der Waals surface area contributed by atoms with E-state index < -0.39 is 0 Å². The maximum Gasteiger partial charge on any atom is 0.254 e. The zero-order valence-corrected chi connectivity index (χ0v) is 13.5. The van der Waals surface area contributed by atoms with Crippen LogP contribution in [0.3, 0.4) is 0 Å². The molecule has 1 rings (SSSR count). The first-order valence-electron chi connectivity index (χ1n) is 5.71. The fraction of sp³-hybridized carbons (Fsp3) is 0.462. The summed E-state index contributed by atoms with van der Waals surface area (Å²) in [7, 11) is 4.85. The Bertz CT molecular complexity index is 442. The molecule has 0 aliphatic carbocycles. The quantitative estimate of drug-likeness (QED) is 0.741. The summed E-state index contributed by atoms with van der Waals surface area (Å²) in [6.07, 6.45) is 0. The van der Waals surface area contributed by atoms with Gasteiger partial charge in [0.05, 0.1) is 24.7 Å². The molecule has 0 radical (unpaired) electrons. The molecule has 0 aliphatic heterocycles. The van der Waals surface area contributed by atoms with Crippen LogP contribution in [0.5, 0.6) is 5.75 Å². The number of methoxy groups -OCH3 is 2. The molecule has 1 atom stereocenters. The lowest BCUT2D eigenvalue weighted by Gasteiger charge is -2.21. The van der Waals surface area contributed by atoms with Gasteiger partial charge < -0.3 is 14.4 Å². The summed E-state index contributed by atoms with van der Waals surface area (Å²) in [4.78, 5) is 13.9. The fourth-order valence-corrected chi connectivity index (χ4v) is 2.36. The highest BCUT2D eigenvalue weighted by atomic mass is 79.9. The molecule has 1 unspecified atom stereocenters. The number of alkyl halides is 1. The maximum atomic E-state index is 12.3. The van der Waals surface area contributed by atoms with Crippen molar-refractivity contribution in [2.45, 2.75) is 5.38 Å². The van der Waals surface area contributed by atoms with Crippen LogP contribution in [-0.4, -0.2) is 50.6 Å². The predicted molar refractivity (Wildman–Crippen MR) is 79.2 cm³/mol. The SMILES string of the molecule is COCC(Cl)CN(C)C(=O)c1cc(OC)ccc1Br. The Morgan fingerprint density at radius 3 is 2.74 bits per heavy atom. The molecule has 0 saturated heterocycles. The van der Waals surface area contributed by atoms with E-state index >= 15 is 0 Å². The number of amides is 1. The molecule has 0 aliphatic rings. The van der Waals surface area contributed by atoms with E-state index in [1.165, 1.54) is 0 Å². The lowest BCUT2D eigenvalue weighted by Crippen LogP contribution is -2.34.